The molecule has 0 aliphatic rings. The molecular formula is C12H14BrClN2OS. The maximum atomic E-state index is 12.2. The Balaban J connectivity index is 3.02. The zero-order valence-corrected chi connectivity index (χ0v) is 13.2. The Labute approximate surface area is 125 Å². The first-order chi connectivity index (χ1) is 8.30. The van der Waals surface area contributed by atoms with Gasteiger partial charge in [0.15, 0.2) is 0 Å². The van der Waals surface area contributed by atoms with Crippen molar-refractivity contribution in [2.45, 2.75) is 25.8 Å². The molecular weight excluding hydrogens is 336 g/mol. The predicted molar refractivity (Wildman–Crippen MR) is 82.1 cm³/mol. The van der Waals surface area contributed by atoms with Crippen molar-refractivity contribution in [1.29, 1.82) is 0 Å². The summed E-state index contributed by atoms with van der Waals surface area (Å²) in [5, 5.41) is 3.33. The molecule has 3 nitrogen and oxygen atoms in total. The fraction of sp³-hybridized carbons (Fsp3) is 0.333. The summed E-state index contributed by atoms with van der Waals surface area (Å²) in [5.41, 5.74) is 5.41. The van der Waals surface area contributed by atoms with Gasteiger partial charge in [0, 0.05) is 9.50 Å². The van der Waals surface area contributed by atoms with Gasteiger partial charge in [0.2, 0.25) is 0 Å². The average Bonchev–Trinajstić information content (AvgIpc) is 2.31. The third kappa shape index (κ3) is 3.43. The Morgan fingerprint density at radius 3 is 2.72 bits per heavy atom. The first-order valence-electron chi connectivity index (χ1n) is 5.37. The van der Waals surface area contributed by atoms with Gasteiger partial charge in [-0.2, -0.15) is 0 Å². The third-order valence-corrected chi connectivity index (χ3v) is 4.19. The van der Waals surface area contributed by atoms with E-state index in [1.54, 1.807) is 25.1 Å². The van der Waals surface area contributed by atoms with E-state index >= 15 is 0 Å². The minimum absolute atomic E-state index is 0.261. The molecule has 1 aromatic carbocycles. The Hall–Kier alpha value is -0.650. The molecule has 0 saturated carbocycles. The summed E-state index contributed by atoms with van der Waals surface area (Å²) < 4.78 is 0.672. The lowest BCUT2D eigenvalue weighted by molar-refractivity contribution is 0.0926. The number of hydrogen-bond acceptors (Lipinski definition) is 2. The lowest BCUT2D eigenvalue weighted by Gasteiger charge is -2.28. The normalized spacial score (nSPS) is 13.8. The molecule has 0 aliphatic carbocycles. The van der Waals surface area contributed by atoms with Crippen LogP contribution >= 0.6 is 39.7 Å². The summed E-state index contributed by atoms with van der Waals surface area (Å²) >= 11 is 14.2. The molecule has 1 atom stereocenters. The van der Waals surface area contributed by atoms with Gasteiger partial charge < -0.3 is 11.1 Å². The number of hydrogen-bond donors (Lipinski definition) is 2. The molecule has 0 fully saturated rings. The van der Waals surface area contributed by atoms with Crippen LogP contribution in [0.1, 0.15) is 30.6 Å². The molecule has 0 aromatic heterocycles. The number of nitrogens with two attached hydrogens (primary N) is 1. The molecule has 0 bridgehead atoms. The summed E-state index contributed by atoms with van der Waals surface area (Å²) in [6.45, 7) is 3.71. The van der Waals surface area contributed by atoms with Gasteiger partial charge in [0.05, 0.1) is 16.1 Å². The standard InChI is InChI=1S/C12H14BrClN2OS/c1-3-12(2,11(15)18)16-10(17)8-6-7(14)4-5-9(8)13/h4-6H,3H2,1-2H3,(H2,15,18)(H,16,17). The SMILES string of the molecule is CCC(C)(NC(=O)c1cc(Cl)ccc1Br)C(N)=S. The predicted octanol–water partition coefficient (Wildman–Crippen LogP) is 3.29. The third-order valence-electron chi connectivity index (χ3n) is 2.81. The second-order valence-electron chi connectivity index (χ2n) is 4.13. The summed E-state index contributed by atoms with van der Waals surface area (Å²) in [6, 6.07) is 5.02. The number of carbonyl (C=O) groups excluding carboxylic acids is 1. The van der Waals surface area contributed by atoms with E-state index in [9.17, 15) is 4.79 Å². The minimum Gasteiger partial charge on any atom is -0.391 e. The van der Waals surface area contributed by atoms with Crippen LogP contribution in [0, 0.1) is 0 Å². The number of nitrogens with one attached hydrogen (secondary N) is 1. The molecule has 0 saturated heterocycles. The zero-order chi connectivity index (χ0) is 13.9. The van der Waals surface area contributed by atoms with Gasteiger partial charge in [-0.3, -0.25) is 4.79 Å². The van der Waals surface area contributed by atoms with E-state index in [0.717, 1.165) is 0 Å². The van der Waals surface area contributed by atoms with Crippen molar-refractivity contribution in [2.75, 3.05) is 0 Å². The summed E-state index contributed by atoms with van der Waals surface area (Å²) in [4.78, 5) is 12.4. The highest BCUT2D eigenvalue weighted by Crippen LogP contribution is 2.22. The van der Waals surface area contributed by atoms with Crippen LogP contribution in [0.5, 0.6) is 0 Å². The van der Waals surface area contributed by atoms with Gasteiger partial charge >= 0.3 is 0 Å². The van der Waals surface area contributed by atoms with Crippen molar-refractivity contribution in [3.05, 3.63) is 33.3 Å². The van der Waals surface area contributed by atoms with Gasteiger partial charge in [-0.05, 0) is 47.5 Å². The quantitative estimate of drug-likeness (QED) is 0.820. The zero-order valence-electron chi connectivity index (χ0n) is 10.1. The van der Waals surface area contributed by atoms with Crippen LogP contribution in [0.15, 0.2) is 22.7 Å². The molecule has 1 amide bonds. The van der Waals surface area contributed by atoms with Crippen molar-refractivity contribution in [1.82, 2.24) is 5.32 Å². The Bertz CT molecular complexity index is 495. The maximum absolute atomic E-state index is 12.2. The lowest BCUT2D eigenvalue weighted by atomic mass is 9.98. The lowest BCUT2D eigenvalue weighted by Crippen LogP contribution is -2.54. The van der Waals surface area contributed by atoms with E-state index in [-0.39, 0.29) is 10.9 Å². The molecule has 3 N–H and O–H groups in total. The fourth-order valence-corrected chi connectivity index (χ4v) is 2.11. The molecule has 1 unspecified atom stereocenters. The highest BCUT2D eigenvalue weighted by atomic mass is 79.9. The van der Waals surface area contributed by atoms with Gasteiger partial charge in [-0.1, -0.05) is 30.7 Å². The number of thiocarbonyl (C=S) groups is 1. The van der Waals surface area contributed by atoms with Crippen molar-refractivity contribution in [3.8, 4) is 0 Å². The number of halogens is 2. The van der Waals surface area contributed by atoms with E-state index < -0.39 is 5.54 Å². The highest BCUT2D eigenvalue weighted by Gasteiger charge is 2.28. The van der Waals surface area contributed by atoms with Crippen LogP contribution in [0.2, 0.25) is 5.02 Å². The number of amides is 1. The van der Waals surface area contributed by atoms with Crippen molar-refractivity contribution >= 4 is 50.6 Å². The summed E-state index contributed by atoms with van der Waals surface area (Å²) in [6.07, 6.45) is 0.617. The van der Waals surface area contributed by atoms with Crippen LogP contribution in [-0.2, 0) is 0 Å². The molecule has 1 aromatic rings. The monoisotopic (exact) mass is 348 g/mol. The summed E-state index contributed by atoms with van der Waals surface area (Å²) in [7, 11) is 0. The van der Waals surface area contributed by atoms with Gasteiger partial charge in [0.25, 0.3) is 5.91 Å². The number of rotatable bonds is 4. The Morgan fingerprint density at radius 1 is 1.61 bits per heavy atom. The van der Waals surface area contributed by atoms with Crippen molar-refractivity contribution in [2.24, 2.45) is 5.73 Å². The molecule has 1 rings (SSSR count). The van der Waals surface area contributed by atoms with Crippen molar-refractivity contribution < 1.29 is 4.79 Å². The first kappa shape index (κ1) is 15.4. The van der Waals surface area contributed by atoms with Gasteiger partial charge in [-0.15, -0.1) is 0 Å². The largest absolute Gasteiger partial charge is 0.391 e. The van der Waals surface area contributed by atoms with Crippen LogP contribution in [0.25, 0.3) is 0 Å². The fourth-order valence-electron chi connectivity index (χ4n) is 1.31. The Morgan fingerprint density at radius 2 is 2.22 bits per heavy atom. The molecule has 98 valence electrons. The van der Waals surface area contributed by atoms with Crippen LogP contribution in [0.3, 0.4) is 0 Å². The van der Waals surface area contributed by atoms with E-state index in [0.29, 0.717) is 21.5 Å². The molecule has 0 heterocycles. The van der Waals surface area contributed by atoms with Crippen LogP contribution < -0.4 is 11.1 Å². The molecule has 0 spiro atoms. The molecule has 0 aliphatic heterocycles. The minimum atomic E-state index is -0.700. The van der Waals surface area contributed by atoms with E-state index in [4.69, 9.17) is 29.6 Å². The second-order valence-corrected chi connectivity index (χ2v) is 5.86. The van der Waals surface area contributed by atoms with Gasteiger partial charge in [-0.25, -0.2) is 0 Å². The highest BCUT2D eigenvalue weighted by molar-refractivity contribution is 9.10. The van der Waals surface area contributed by atoms with Gasteiger partial charge in [0.1, 0.15) is 0 Å². The van der Waals surface area contributed by atoms with Crippen molar-refractivity contribution in [3.63, 3.8) is 0 Å². The van der Waals surface area contributed by atoms with E-state index in [1.807, 2.05) is 6.92 Å². The Kier molecular flexibility index (Phi) is 5.13. The first-order valence-corrected chi connectivity index (χ1v) is 6.95. The topological polar surface area (TPSA) is 55.1 Å². The number of benzene rings is 1. The molecule has 0 radical (unpaired) electrons. The van der Waals surface area contributed by atoms with Crippen LogP contribution in [-0.4, -0.2) is 16.4 Å². The second kappa shape index (κ2) is 5.99. The maximum Gasteiger partial charge on any atom is 0.253 e. The average molecular weight is 350 g/mol. The summed E-state index contributed by atoms with van der Waals surface area (Å²) in [5.74, 6) is -0.262. The van der Waals surface area contributed by atoms with E-state index in [1.165, 1.54) is 0 Å². The molecule has 6 heteroatoms. The van der Waals surface area contributed by atoms with E-state index in [2.05, 4.69) is 21.2 Å². The van der Waals surface area contributed by atoms with Crippen LogP contribution in [0.4, 0.5) is 0 Å². The number of carbonyl (C=O) groups is 1. The molecule has 18 heavy (non-hydrogen) atoms. The smallest absolute Gasteiger partial charge is 0.253 e.